The lowest BCUT2D eigenvalue weighted by molar-refractivity contribution is -0.144. The maximum atomic E-state index is 13.9. The van der Waals surface area contributed by atoms with E-state index in [0.717, 1.165) is 24.8 Å². The molecule has 2 unspecified atom stereocenters. The second-order valence-corrected chi connectivity index (χ2v) is 10.6. The maximum Gasteiger partial charge on any atom is 0.408 e. The molecular weight excluding hydrogens is 450 g/mol. The minimum absolute atomic E-state index is 0.217. The van der Waals surface area contributed by atoms with Crippen LogP contribution < -0.4 is 10.6 Å². The van der Waals surface area contributed by atoms with Crippen LogP contribution in [-0.2, 0) is 14.3 Å². The summed E-state index contributed by atoms with van der Waals surface area (Å²) >= 11 is 1.59. The number of nitrogens with one attached hydrogen (secondary N) is 2. The summed E-state index contributed by atoms with van der Waals surface area (Å²) in [5.41, 5.74) is 0.0540. The molecule has 3 amide bonds. The summed E-state index contributed by atoms with van der Waals surface area (Å²) in [6, 6.07) is 7.45. The Labute approximate surface area is 209 Å². The second-order valence-electron chi connectivity index (χ2n) is 9.63. The monoisotopic (exact) mass is 493 g/mol. The third-order valence-corrected chi connectivity index (χ3v) is 5.78. The van der Waals surface area contributed by atoms with Crippen molar-refractivity contribution < 1.29 is 19.1 Å². The largest absolute Gasteiger partial charge is 0.444 e. The molecule has 1 aromatic carbocycles. The van der Waals surface area contributed by atoms with Crippen LogP contribution in [0.25, 0.3) is 0 Å². The first-order valence-electron chi connectivity index (χ1n) is 12.1. The van der Waals surface area contributed by atoms with Crippen molar-refractivity contribution in [3.8, 4) is 0 Å². The molecule has 0 aromatic heterocycles. The normalized spacial score (nSPS) is 13.2. The van der Waals surface area contributed by atoms with E-state index in [1.54, 1.807) is 37.4 Å². The molecule has 2 atom stereocenters. The zero-order valence-electron chi connectivity index (χ0n) is 21.8. The Hall–Kier alpha value is -2.22. The molecule has 0 fully saturated rings. The van der Waals surface area contributed by atoms with E-state index in [-0.39, 0.29) is 17.9 Å². The number of alkyl carbamates (subject to hydrolysis) is 1. The Bertz CT molecular complexity index is 765. The van der Waals surface area contributed by atoms with Crippen molar-refractivity contribution >= 4 is 29.7 Å². The van der Waals surface area contributed by atoms with E-state index in [9.17, 15) is 14.4 Å². The van der Waals surface area contributed by atoms with E-state index in [2.05, 4.69) is 17.6 Å². The molecule has 0 saturated heterocycles. The summed E-state index contributed by atoms with van der Waals surface area (Å²) in [6.45, 7) is 11.8. The molecule has 1 aromatic rings. The van der Waals surface area contributed by atoms with E-state index in [1.807, 2.05) is 50.4 Å². The molecule has 0 aliphatic rings. The molecule has 0 bridgehead atoms. The minimum Gasteiger partial charge on any atom is -0.444 e. The van der Waals surface area contributed by atoms with Gasteiger partial charge in [0.15, 0.2) is 0 Å². The Balaban J connectivity index is 3.27. The molecule has 0 heterocycles. The number of nitrogens with zero attached hydrogens (tertiary/aromatic N) is 1. The van der Waals surface area contributed by atoms with Gasteiger partial charge < -0.3 is 20.3 Å². The van der Waals surface area contributed by atoms with Crippen LogP contribution in [0.5, 0.6) is 0 Å². The number of carbonyl (C=O) groups is 3. The van der Waals surface area contributed by atoms with Crippen molar-refractivity contribution in [3.63, 3.8) is 0 Å². The number of benzene rings is 1. The molecule has 8 heteroatoms. The third-order valence-electron chi connectivity index (χ3n) is 5.13. The zero-order chi connectivity index (χ0) is 25.7. The molecule has 1 rings (SSSR count). The van der Waals surface area contributed by atoms with E-state index in [0.29, 0.717) is 18.7 Å². The maximum absolute atomic E-state index is 13.9. The van der Waals surface area contributed by atoms with Gasteiger partial charge in [-0.3, -0.25) is 9.59 Å². The summed E-state index contributed by atoms with van der Waals surface area (Å²) in [5.74, 6) is 0.162. The zero-order valence-corrected chi connectivity index (χ0v) is 22.7. The van der Waals surface area contributed by atoms with Crippen LogP contribution in [0, 0.1) is 0 Å². The van der Waals surface area contributed by atoms with Crippen molar-refractivity contribution in [2.24, 2.45) is 0 Å². The van der Waals surface area contributed by atoms with Crippen LogP contribution >= 0.6 is 11.8 Å². The minimum atomic E-state index is -0.802. The highest BCUT2D eigenvalue weighted by Crippen LogP contribution is 2.25. The van der Waals surface area contributed by atoms with Gasteiger partial charge in [-0.1, -0.05) is 50.1 Å². The molecule has 0 spiro atoms. The number of unbranched alkanes of at least 4 members (excludes halogenated alkanes) is 2. The SMILES string of the molecule is CCCCCNC(=O)C(c1ccccc1)N(C(=O)C(CCSC)NC(=O)OC(C)(C)C)C(C)C. The van der Waals surface area contributed by atoms with Crippen molar-refractivity contribution in [3.05, 3.63) is 35.9 Å². The van der Waals surface area contributed by atoms with Crippen LogP contribution in [0.4, 0.5) is 4.79 Å². The van der Waals surface area contributed by atoms with Crippen LogP contribution in [0.15, 0.2) is 30.3 Å². The van der Waals surface area contributed by atoms with Crippen LogP contribution in [-0.4, -0.2) is 59.0 Å². The average Bonchev–Trinajstić information content (AvgIpc) is 2.76. The summed E-state index contributed by atoms with van der Waals surface area (Å²) in [5, 5.41) is 5.76. The highest BCUT2D eigenvalue weighted by atomic mass is 32.2. The first-order valence-corrected chi connectivity index (χ1v) is 13.5. The predicted molar refractivity (Wildman–Crippen MR) is 140 cm³/mol. The number of rotatable bonds is 13. The topological polar surface area (TPSA) is 87.7 Å². The molecular formula is C26H43N3O4S. The lowest BCUT2D eigenvalue weighted by Crippen LogP contribution is -2.55. The van der Waals surface area contributed by atoms with E-state index < -0.39 is 23.8 Å². The van der Waals surface area contributed by atoms with Gasteiger partial charge in [-0.05, 0) is 65.0 Å². The number of thioether (sulfide) groups is 1. The Morgan fingerprint density at radius 3 is 2.26 bits per heavy atom. The molecule has 7 nitrogen and oxygen atoms in total. The molecule has 0 aliphatic carbocycles. The highest BCUT2D eigenvalue weighted by molar-refractivity contribution is 7.98. The lowest BCUT2D eigenvalue weighted by Gasteiger charge is -2.37. The van der Waals surface area contributed by atoms with E-state index in [1.165, 1.54) is 0 Å². The van der Waals surface area contributed by atoms with Crippen molar-refractivity contribution in [2.45, 2.75) is 91.0 Å². The van der Waals surface area contributed by atoms with Crippen LogP contribution in [0.3, 0.4) is 0 Å². The predicted octanol–water partition coefficient (Wildman–Crippen LogP) is 4.92. The number of ether oxygens (including phenoxy) is 1. The van der Waals surface area contributed by atoms with E-state index >= 15 is 0 Å². The van der Waals surface area contributed by atoms with Crippen LogP contribution in [0.2, 0.25) is 0 Å². The Kier molecular flexibility index (Phi) is 13.1. The smallest absolute Gasteiger partial charge is 0.408 e. The Morgan fingerprint density at radius 2 is 1.74 bits per heavy atom. The van der Waals surface area contributed by atoms with Crippen molar-refractivity contribution in [1.82, 2.24) is 15.5 Å². The second kappa shape index (κ2) is 14.9. The summed E-state index contributed by atoms with van der Waals surface area (Å²) in [7, 11) is 0. The quantitative estimate of drug-likeness (QED) is 0.381. The molecule has 0 saturated carbocycles. The average molecular weight is 494 g/mol. The van der Waals surface area contributed by atoms with Gasteiger partial charge in [0.05, 0.1) is 0 Å². The van der Waals surface area contributed by atoms with Gasteiger partial charge >= 0.3 is 6.09 Å². The van der Waals surface area contributed by atoms with Gasteiger partial charge in [0.1, 0.15) is 17.7 Å². The summed E-state index contributed by atoms with van der Waals surface area (Å²) in [4.78, 5) is 41.3. The Morgan fingerprint density at radius 1 is 1.09 bits per heavy atom. The van der Waals surface area contributed by atoms with Crippen LogP contribution in [0.1, 0.15) is 78.8 Å². The highest BCUT2D eigenvalue weighted by Gasteiger charge is 2.37. The number of amides is 3. The first-order chi connectivity index (χ1) is 16.0. The number of carbonyl (C=O) groups excluding carboxylic acids is 3. The molecule has 2 N–H and O–H groups in total. The van der Waals surface area contributed by atoms with Gasteiger partial charge in [-0.25, -0.2) is 4.79 Å². The molecule has 34 heavy (non-hydrogen) atoms. The molecule has 0 radical (unpaired) electrons. The number of hydrogen-bond acceptors (Lipinski definition) is 5. The summed E-state index contributed by atoms with van der Waals surface area (Å²) < 4.78 is 5.40. The van der Waals surface area contributed by atoms with Crippen molar-refractivity contribution in [2.75, 3.05) is 18.6 Å². The number of hydrogen-bond donors (Lipinski definition) is 2. The first kappa shape index (κ1) is 29.8. The fraction of sp³-hybridized carbons (Fsp3) is 0.654. The molecule has 0 aliphatic heterocycles. The summed E-state index contributed by atoms with van der Waals surface area (Å²) in [6.07, 6.45) is 4.71. The van der Waals surface area contributed by atoms with Gasteiger partial charge in [-0.15, -0.1) is 0 Å². The lowest BCUT2D eigenvalue weighted by atomic mass is 10.0. The van der Waals surface area contributed by atoms with Crippen molar-refractivity contribution in [1.29, 1.82) is 0 Å². The standard InChI is InChI=1S/C26H43N3O4S/c1-8-9-13-17-27-23(30)22(20-14-11-10-12-15-20)29(19(2)3)24(31)21(16-18-34-7)28-25(32)33-26(4,5)6/h10-12,14-15,19,21-22H,8-9,13,16-18H2,1-7H3,(H,27,30)(H,28,32). The van der Waals surface area contributed by atoms with E-state index in [4.69, 9.17) is 4.74 Å². The third kappa shape index (κ3) is 10.4. The van der Waals surface area contributed by atoms with Gasteiger partial charge in [0.25, 0.3) is 0 Å². The fourth-order valence-electron chi connectivity index (χ4n) is 3.56. The van der Waals surface area contributed by atoms with Gasteiger partial charge in [0, 0.05) is 12.6 Å². The fourth-order valence-corrected chi connectivity index (χ4v) is 4.03. The van der Waals surface area contributed by atoms with Gasteiger partial charge in [-0.2, -0.15) is 11.8 Å². The molecule has 192 valence electrons. The van der Waals surface area contributed by atoms with Gasteiger partial charge in [0.2, 0.25) is 11.8 Å².